The maximum absolute atomic E-state index is 12.3. The van der Waals surface area contributed by atoms with Crippen molar-refractivity contribution in [2.24, 2.45) is 5.92 Å². The van der Waals surface area contributed by atoms with Gasteiger partial charge in [0.2, 0.25) is 5.91 Å². The summed E-state index contributed by atoms with van der Waals surface area (Å²) in [6.07, 6.45) is 2.05. The van der Waals surface area contributed by atoms with Gasteiger partial charge in [-0.1, -0.05) is 12.1 Å². The van der Waals surface area contributed by atoms with E-state index in [0.717, 1.165) is 37.2 Å². The van der Waals surface area contributed by atoms with Gasteiger partial charge in [0, 0.05) is 13.1 Å². The summed E-state index contributed by atoms with van der Waals surface area (Å²) in [5, 5.41) is 6.39. The third-order valence-electron chi connectivity index (χ3n) is 4.24. The van der Waals surface area contributed by atoms with Crippen LogP contribution in [0.15, 0.2) is 24.3 Å². The summed E-state index contributed by atoms with van der Waals surface area (Å²) in [6, 6.07) is 8.15. The van der Waals surface area contributed by atoms with Crippen LogP contribution in [-0.2, 0) is 4.79 Å². The van der Waals surface area contributed by atoms with Gasteiger partial charge in [-0.2, -0.15) is 0 Å². The molecule has 24 heavy (non-hydrogen) atoms. The number of carbonyl (C=O) groups excluding carboxylic acids is 1. The maximum Gasteiger partial charge on any atom is 0.224 e. The molecule has 0 saturated carbocycles. The largest absolute Gasteiger partial charge is 0.497 e. The molecule has 138 valence electrons. The zero-order valence-corrected chi connectivity index (χ0v) is 16.2. The number of methoxy groups -OCH3 is 1. The van der Waals surface area contributed by atoms with E-state index < -0.39 is 0 Å². The number of ether oxygens (including phenoxy) is 1. The van der Waals surface area contributed by atoms with Gasteiger partial charge in [0.05, 0.1) is 19.1 Å². The molecule has 1 saturated heterocycles. The molecule has 7 heteroatoms. The smallest absolute Gasteiger partial charge is 0.224 e. The van der Waals surface area contributed by atoms with Gasteiger partial charge in [-0.3, -0.25) is 4.79 Å². The molecule has 1 heterocycles. The van der Waals surface area contributed by atoms with E-state index in [1.807, 2.05) is 32.3 Å². The summed E-state index contributed by atoms with van der Waals surface area (Å²) in [5.74, 6) is 1.09. The van der Waals surface area contributed by atoms with Crippen LogP contribution in [-0.4, -0.2) is 51.6 Å². The predicted molar refractivity (Wildman–Crippen MR) is 103 cm³/mol. The second-order valence-corrected chi connectivity index (χ2v) is 6.04. The first-order chi connectivity index (χ1) is 10.6. The lowest BCUT2D eigenvalue weighted by Crippen LogP contribution is -2.43. The number of piperidine rings is 1. The molecule has 1 aromatic rings. The molecule has 0 aliphatic carbocycles. The van der Waals surface area contributed by atoms with Crippen molar-refractivity contribution in [2.75, 3.05) is 40.8 Å². The third-order valence-corrected chi connectivity index (χ3v) is 4.24. The number of carbonyl (C=O) groups is 1. The van der Waals surface area contributed by atoms with Crippen LogP contribution in [0, 0.1) is 5.92 Å². The fourth-order valence-electron chi connectivity index (χ4n) is 2.86. The summed E-state index contributed by atoms with van der Waals surface area (Å²) in [5.41, 5.74) is 1.14. The molecule has 1 aliphatic heterocycles. The Morgan fingerprint density at radius 1 is 1.42 bits per heavy atom. The average Bonchev–Trinajstić information content (AvgIpc) is 2.55. The van der Waals surface area contributed by atoms with Gasteiger partial charge in [-0.15, -0.1) is 24.8 Å². The molecule has 0 aromatic heterocycles. The van der Waals surface area contributed by atoms with Crippen LogP contribution in [0.25, 0.3) is 0 Å². The Hall–Kier alpha value is -1.01. The van der Waals surface area contributed by atoms with E-state index in [9.17, 15) is 4.79 Å². The number of hydrogen-bond acceptors (Lipinski definition) is 4. The SMILES string of the molecule is COc1cccc(C(CNC(=O)[C@@H]2CCCNC2)N(C)C)c1.Cl.Cl. The molecular formula is C17H29Cl2N3O2. The number of amides is 1. The van der Waals surface area contributed by atoms with E-state index in [1.54, 1.807) is 7.11 Å². The van der Waals surface area contributed by atoms with Gasteiger partial charge in [-0.25, -0.2) is 0 Å². The lowest BCUT2D eigenvalue weighted by molar-refractivity contribution is -0.125. The highest BCUT2D eigenvalue weighted by molar-refractivity contribution is 5.85. The fraction of sp³-hybridized carbons (Fsp3) is 0.588. The van der Waals surface area contributed by atoms with Gasteiger partial charge < -0.3 is 20.3 Å². The van der Waals surface area contributed by atoms with Crippen molar-refractivity contribution in [1.29, 1.82) is 0 Å². The van der Waals surface area contributed by atoms with Crippen LogP contribution in [0.1, 0.15) is 24.4 Å². The first kappa shape index (κ1) is 23.0. The minimum atomic E-state index is 0. The molecule has 2 rings (SSSR count). The molecule has 1 fully saturated rings. The molecule has 2 atom stereocenters. The summed E-state index contributed by atoms with van der Waals surface area (Å²) >= 11 is 0. The van der Waals surface area contributed by atoms with Crippen LogP contribution in [0.5, 0.6) is 5.75 Å². The van der Waals surface area contributed by atoms with E-state index >= 15 is 0 Å². The van der Waals surface area contributed by atoms with E-state index in [4.69, 9.17) is 4.74 Å². The van der Waals surface area contributed by atoms with E-state index in [0.29, 0.717) is 6.54 Å². The summed E-state index contributed by atoms with van der Waals surface area (Å²) < 4.78 is 5.29. The molecule has 1 amide bonds. The summed E-state index contributed by atoms with van der Waals surface area (Å²) in [7, 11) is 5.72. The zero-order chi connectivity index (χ0) is 15.9. The van der Waals surface area contributed by atoms with E-state index in [1.165, 1.54) is 0 Å². The quantitative estimate of drug-likeness (QED) is 0.798. The first-order valence-electron chi connectivity index (χ1n) is 7.90. The number of hydrogen-bond donors (Lipinski definition) is 2. The van der Waals surface area contributed by atoms with Crippen molar-refractivity contribution in [3.05, 3.63) is 29.8 Å². The molecule has 0 radical (unpaired) electrons. The van der Waals surface area contributed by atoms with Gasteiger partial charge >= 0.3 is 0 Å². The van der Waals surface area contributed by atoms with Crippen molar-refractivity contribution in [1.82, 2.24) is 15.5 Å². The molecule has 5 nitrogen and oxygen atoms in total. The molecule has 2 N–H and O–H groups in total. The van der Waals surface area contributed by atoms with Crippen molar-refractivity contribution in [2.45, 2.75) is 18.9 Å². The van der Waals surface area contributed by atoms with Crippen molar-refractivity contribution < 1.29 is 9.53 Å². The Morgan fingerprint density at radius 2 is 2.17 bits per heavy atom. The topological polar surface area (TPSA) is 53.6 Å². The monoisotopic (exact) mass is 377 g/mol. The van der Waals surface area contributed by atoms with Crippen molar-refractivity contribution in [3.8, 4) is 5.75 Å². The summed E-state index contributed by atoms with van der Waals surface area (Å²) in [4.78, 5) is 14.4. The van der Waals surface area contributed by atoms with E-state index in [2.05, 4.69) is 21.6 Å². The fourth-order valence-corrected chi connectivity index (χ4v) is 2.86. The first-order valence-corrected chi connectivity index (χ1v) is 7.90. The predicted octanol–water partition coefficient (Wildman–Crippen LogP) is 2.26. The Labute approximate surface area is 157 Å². The minimum Gasteiger partial charge on any atom is -0.497 e. The number of halogens is 2. The lowest BCUT2D eigenvalue weighted by Gasteiger charge is -2.27. The zero-order valence-electron chi connectivity index (χ0n) is 14.6. The molecule has 1 unspecified atom stereocenters. The molecule has 0 spiro atoms. The van der Waals surface area contributed by atoms with Crippen molar-refractivity contribution >= 4 is 30.7 Å². The third kappa shape index (κ3) is 6.48. The molecule has 0 bridgehead atoms. The Balaban J connectivity index is 0.00000264. The Morgan fingerprint density at radius 3 is 2.75 bits per heavy atom. The van der Waals surface area contributed by atoms with Gasteiger partial charge in [0.1, 0.15) is 5.75 Å². The van der Waals surface area contributed by atoms with E-state index in [-0.39, 0.29) is 42.7 Å². The second-order valence-electron chi connectivity index (χ2n) is 6.04. The van der Waals surface area contributed by atoms with Crippen LogP contribution in [0.4, 0.5) is 0 Å². The lowest BCUT2D eigenvalue weighted by atomic mass is 9.98. The highest BCUT2D eigenvalue weighted by Crippen LogP contribution is 2.22. The molecule has 1 aromatic carbocycles. The van der Waals surface area contributed by atoms with Crippen LogP contribution in [0.3, 0.4) is 0 Å². The van der Waals surface area contributed by atoms with Crippen LogP contribution >= 0.6 is 24.8 Å². The maximum atomic E-state index is 12.3. The number of nitrogens with zero attached hydrogens (tertiary/aromatic N) is 1. The number of rotatable bonds is 6. The average molecular weight is 378 g/mol. The Bertz CT molecular complexity index is 494. The van der Waals surface area contributed by atoms with Gasteiger partial charge in [-0.05, 0) is 51.2 Å². The number of nitrogens with one attached hydrogen (secondary N) is 2. The number of benzene rings is 1. The second kappa shape index (κ2) is 11.5. The van der Waals surface area contributed by atoms with Crippen LogP contribution in [0.2, 0.25) is 0 Å². The van der Waals surface area contributed by atoms with Gasteiger partial charge in [0.15, 0.2) is 0 Å². The highest BCUT2D eigenvalue weighted by atomic mass is 35.5. The molecule has 1 aliphatic rings. The van der Waals surface area contributed by atoms with Crippen molar-refractivity contribution in [3.63, 3.8) is 0 Å². The Kier molecular flexibility index (Phi) is 11.0. The van der Waals surface area contributed by atoms with Crippen LogP contribution < -0.4 is 15.4 Å². The summed E-state index contributed by atoms with van der Waals surface area (Å²) in [6.45, 7) is 2.42. The standard InChI is InChI=1S/C17H27N3O2.2ClH/c1-20(2)16(13-6-4-8-15(10-13)22-3)12-19-17(21)14-7-5-9-18-11-14;;/h4,6,8,10,14,16,18H,5,7,9,11-12H2,1-3H3,(H,19,21);2*1H/t14-,16?;;/m1../s1. The highest BCUT2D eigenvalue weighted by Gasteiger charge is 2.22. The normalized spacial score (nSPS) is 18.1. The number of likely N-dealkylation sites (N-methyl/N-ethyl adjacent to an activating group) is 1. The van der Waals surface area contributed by atoms with Gasteiger partial charge in [0.25, 0.3) is 0 Å². The minimum absolute atomic E-state index is 0. The molecular weight excluding hydrogens is 349 g/mol.